The van der Waals surface area contributed by atoms with Crippen LogP contribution in [0.2, 0.25) is 0 Å². The Hall–Kier alpha value is -2.68. The van der Waals surface area contributed by atoms with Crippen LogP contribution < -0.4 is 21.9 Å². The summed E-state index contributed by atoms with van der Waals surface area (Å²) in [4.78, 5) is 33.9. The Kier molecular flexibility index (Phi) is 5.61. The first-order valence-corrected chi connectivity index (χ1v) is 6.24. The summed E-state index contributed by atoms with van der Waals surface area (Å²) in [6, 6.07) is 2.98. The Balaban J connectivity index is 3.00. The molecule has 1 aromatic carbocycles. The van der Waals surface area contributed by atoms with Gasteiger partial charge in [0.25, 0.3) is 11.6 Å². The summed E-state index contributed by atoms with van der Waals surface area (Å²) in [5, 5.41) is 15.9. The molecule has 2 amide bonds. The molecule has 1 aromatic rings. The van der Waals surface area contributed by atoms with Crippen molar-refractivity contribution in [3.63, 3.8) is 0 Å². The molecule has 0 aliphatic carbocycles. The van der Waals surface area contributed by atoms with E-state index in [0.717, 1.165) is 0 Å². The fraction of sp³-hybridized carbons (Fsp3) is 0.333. The number of nitro groups is 1. The van der Waals surface area contributed by atoms with Crippen molar-refractivity contribution >= 4 is 23.2 Å². The minimum atomic E-state index is -0.813. The number of carbonyl (C=O) groups is 2. The molecule has 9 heteroatoms. The van der Waals surface area contributed by atoms with Crippen LogP contribution in [0.1, 0.15) is 24.2 Å². The zero-order valence-electron chi connectivity index (χ0n) is 11.7. The number of nitro benzene ring substituents is 1. The van der Waals surface area contributed by atoms with E-state index in [9.17, 15) is 19.7 Å². The lowest BCUT2D eigenvalue weighted by Gasteiger charge is -2.13. The van der Waals surface area contributed by atoms with Crippen LogP contribution in [0.15, 0.2) is 18.2 Å². The summed E-state index contributed by atoms with van der Waals surface area (Å²) >= 11 is 0. The Morgan fingerprint density at radius 2 is 2.10 bits per heavy atom. The highest BCUT2D eigenvalue weighted by atomic mass is 16.6. The predicted octanol–water partition coefficient (Wildman–Crippen LogP) is 0.135. The molecule has 0 saturated carbocycles. The maximum absolute atomic E-state index is 12.1. The number of nitrogen functional groups attached to an aromatic ring is 1. The summed E-state index contributed by atoms with van der Waals surface area (Å²) in [6.45, 7) is 3.65. The molecule has 0 fully saturated rings. The van der Waals surface area contributed by atoms with Crippen LogP contribution >= 0.6 is 0 Å². The highest BCUT2D eigenvalue weighted by Crippen LogP contribution is 2.22. The predicted molar refractivity (Wildman–Crippen MR) is 76.5 cm³/mol. The van der Waals surface area contributed by atoms with Gasteiger partial charge >= 0.3 is 0 Å². The summed E-state index contributed by atoms with van der Waals surface area (Å²) in [5.74, 6) is 4.12. The highest BCUT2D eigenvalue weighted by molar-refractivity contribution is 6.01. The number of likely N-dealkylation sites (N-methyl/N-ethyl adjacent to an activating group) is 1. The van der Waals surface area contributed by atoms with Gasteiger partial charge in [-0.15, -0.1) is 0 Å². The number of amides is 2. The lowest BCUT2D eigenvalue weighted by Crippen LogP contribution is -2.44. The number of nitrogens with zero attached hydrogens (tertiary/aromatic N) is 1. The number of hydrogen-bond donors (Lipinski definition) is 4. The van der Waals surface area contributed by atoms with Gasteiger partial charge in [-0.2, -0.15) is 0 Å². The third kappa shape index (κ3) is 4.14. The number of anilines is 1. The molecule has 0 spiro atoms. The summed E-state index contributed by atoms with van der Waals surface area (Å²) in [7, 11) is 0. The van der Waals surface area contributed by atoms with Gasteiger partial charge in [-0.3, -0.25) is 25.5 Å². The maximum Gasteiger partial charge on any atom is 0.282 e. The second-order valence-electron chi connectivity index (χ2n) is 4.22. The molecular formula is C12H17N5O4. The average molecular weight is 295 g/mol. The van der Waals surface area contributed by atoms with E-state index < -0.39 is 16.9 Å². The fourth-order valence-electron chi connectivity index (χ4n) is 1.63. The number of benzene rings is 1. The van der Waals surface area contributed by atoms with Crippen LogP contribution in [0.3, 0.4) is 0 Å². The first-order valence-electron chi connectivity index (χ1n) is 6.24. The van der Waals surface area contributed by atoms with Crippen molar-refractivity contribution in [3.8, 4) is 0 Å². The number of nitrogens with one attached hydrogen (secondary N) is 3. The second-order valence-corrected chi connectivity index (χ2v) is 4.22. The summed E-state index contributed by atoms with van der Waals surface area (Å²) < 4.78 is 0. The third-order valence-corrected chi connectivity index (χ3v) is 2.70. The fourth-order valence-corrected chi connectivity index (χ4v) is 1.63. The van der Waals surface area contributed by atoms with Crippen LogP contribution in [-0.4, -0.2) is 29.3 Å². The van der Waals surface area contributed by atoms with Crippen LogP contribution in [0.25, 0.3) is 0 Å². The number of hydrogen-bond acceptors (Lipinski definition) is 6. The quantitative estimate of drug-likeness (QED) is 0.334. The van der Waals surface area contributed by atoms with Gasteiger partial charge in [0.2, 0.25) is 5.91 Å². The van der Waals surface area contributed by atoms with Crippen molar-refractivity contribution in [1.82, 2.24) is 10.6 Å². The molecule has 0 bridgehead atoms. The van der Waals surface area contributed by atoms with Crippen LogP contribution in [0.4, 0.5) is 11.4 Å². The van der Waals surface area contributed by atoms with Crippen molar-refractivity contribution in [2.75, 3.05) is 12.0 Å². The highest BCUT2D eigenvalue weighted by Gasteiger charge is 2.23. The minimum Gasteiger partial charge on any atom is -0.355 e. The van der Waals surface area contributed by atoms with E-state index in [2.05, 4.69) is 16.1 Å². The van der Waals surface area contributed by atoms with Gasteiger partial charge in [0.1, 0.15) is 11.6 Å². The molecule has 1 atom stereocenters. The SMILES string of the molecule is CCNC(=O)C(C)NC(=O)c1cc(NN)ccc1[N+](=O)[O-]. The molecule has 114 valence electrons. The molecule has 21 heavy (non-hydrogen) atoms. The number of rotatable bonds is 6. The van der Waals surface area contributed by atoms with Gasteiger partial charge in [-0.25, -0.2) is 0 Å². The minimum absolute atomic E-state index is 0.174. The van der Waals surface area contributed by atoms with Gasteiger partial charge in [-0.05, 0) is 26.0 Å². The van der Waals surface area contributed by atoms with Gasteiger partial charge in [0, 0.05) is 18.3 Å². The topological polar surface area (TPSA) is 139 Å². The van der Waals surface area contributed by atoms with Crippen molar-refractivity contribution in [2.24, 2.45) is 5.84 Å². The first kappa shape index (κ1) is 16.4. The molecule has 0 radical (unpaired) electrons. The van der Waals surface area contributed by atoms with E-state index in [4.69, 9.17) is 5.84 Å². The molecule has 0 saturated heterocycles. The number of carbonyl (C=O) groups excluding carboxylic acids is 2. The van der Waals surface area contributed by atoms with Gasteiger partial charge in [0.05, 0.1) is 4.92 Å². The van der Waals surface area contributed by atoms with Crippen LogP contribution in [-0.2, 0) is 4.79 Å². The van der Waals surface area contributed by atoms with Gasteiger partial charge in [-0.1, -0.05) is 0 Å². The van der Waals surface area contributed by atoms with E-state index in [1.54, 1.807) is 6.92 Å². The lowest BCUT2D eigenvalue weighted by molar-refractivity contribution is -0.385. The average Bonchev–Trinajstić information content (AvgIpc) is 2.46. The standard InChI is InChI=1S/C12H17N5O4/c1-3-14-11(18)7(2)15-12(19)9-6-8(16-13)4-5-10(9)17(20)21/h4-7,16H,3,13H2,1-2H3,(H,14,18)(H,15,19). The molecule has 0 aromatic heterocycles. The molecule has 5 N–H and O–H groups in total. The largest absolute Gasteiger partial charge is 0.355 e. The van der Waals surface area contributed by atoms with Crippen LogP contribution in [0.5, 0.6) is 0 Å². The number of hydrazine groups is 1. The third-order valence-electron chi connectivity index (χ3n) is 2.70. The van der Waals surface area contributed by atoms with Crippen molar-refractivity contribution in [3.05, 3.63) is 33.9 Å². The zero-order chi connectivity index (χ0) is 16.0. The van der Waals surface area contributed by atoms with Crippen LogP contribution in [0, 0.1) is 10.1 Å². The van der Waals surface area contributed by atoms with Gasteiger partial charge in [0.15, 0.2) is 0 Å². The molecule has 1 rings (SSSR count). The van der Waals surface area contributed by atoms with Crippen molar-refractivity contribution in [2.45, 2.75) is 19.9 Å². The molecular weight excluding hydrogens is 278 g/mol. The maximum atomic E-state index is 12.1. The zero-order valence-corrected chi connectivity index (χ0v) is 11.7. The Labute approximate surface area is 121 Å². The summed E-state index contributed by atoms with van der Waals surface area (Å²) in [6.07, 6.45) is 0. The van der Waals surface area contributed by atoms with E-state index >= 15 is 0 Å². The molecule has 0 aliphatic heterocycles. The Morgan fingerprint density at radius 1 is 1.43 bits per heavy atom. The summed E-state index contributed by atoms with van der Waals surface area (Å²) in [5.41, 5.74) is 2.11. The van der Waals surface area contributed by atoms with E-state index in [1.807, 2.05) is 0 Å². The monoisotopic (exact) mass is 295 g/mol. The second kappa shape index (κ2) is 7.20. The first-order chi connectivity index (χ1) is 9.90. The smallest absolute Gasteiger partial charge is 0.282 e. The van der Waals surface area contributed by atoms with E-state index in [1.165, 1.54) is 25.1 Å². The molecule has 1 unspecified atom stereocenters. The molecule has 9 nitrogen and oxygen atoms in total. The van der Waals surface area contributed by atoms with Gasteiger partial charge < -0.3 is 16.1 Å². The molecule has 0 heterocycles. The molecule has 0 aliphatic rings. The van der Waals surface area contributed by atoms with E-state index in [-0.39, 0.29) is 17.2 Å². The van der Waals surface area contributed by atoms with Crippen molar-refractivity contribution in [1.29, 1.82) is 0 Å². The number of nitrogens with two attached hydrogens (primary N) is 1. The Morgan fingerprint density at radius 3 is 2.62 bits per heavy atom. The van der Waals surface area contributed by atoms with Crippen molar-refractivity contribution < 1.29 is 14.5 Å². The lowest BCUT2D eigenvalue weighted by atomic mass is 10.1. The van der Waals surface area contributed by atoms with E-state index in [0.29, 0.717) is 12.2 Å². The normalized spacial score (nSPS) is 11.4. The Bertz CT molecular complexity index is 561.